The highest BCUT2D eigenvalue weighted by Crippen LogP contribution is 2.24. The highest BCUT2D eigenvalue weighted by atomic mass is 16.1. The Morgan fingerprint density at radius 2 is 1.71 bits per heavy atom. The number of carbonyl (C=O) groups excluding carboxylic acids is 1. The fourth-order valence-electron chi connectivity index (χ4n) is 1.79. The van der Waals surface area contributed by atoms with Gasteiger partial charge in [-0.15, -0.1) is 5.11 Å². The van der Waals surface area contributed by atoms with Crippen LogP contribution in [-0.2, 0) is 4.79 Å². The van der Waals surface area contributed by atoms with Crippen LogP contribution >= 0.6 is 0 Å². The maximum Gasteiger partial charge on any atom is 0.176 e. The summed E-state index contributed by atoms with van der Waals surface area (Å²) < 4.78 is 0. The maximum absolute atomic E-state index is 8.81. The molecule has 2 rings (SSSR count). The second-order valence-corrected chi connectivity index (χ2v) is 4.21. The van der Waals surface area contributed by atoms with Crippen LogP contribution in [0.3, 0.4) is 0 Å². The van der Waals surface area contributed by atoms with Gasteiger partial charge < -0.3 is 10.6 Å². The van der Waals surface area contributed by atoms with Crippen LogP contribution in [0.25, 0.3) is 11.1 Å². The van der Waals surface area contributed by atoms with Crippen LogP contribution in [-0.4, -0.2) is 12.1 Å². The third-order valence-electron chi connectivity index (χ3n) is 2.70. The van der Waals surface area contributed by atoms with Gasteiger partial charge in [-0.2, -0.15) is 0 Å². The number of aldehydes is 1. The van der Waals surface area contributed by atoms with Crippen molar-refractivity contribution in [1.29, 1.82) is 5.41 Å². The third kappa shape index (κ3) is 4.65. The maximum atomic E-state index is 8.81. The lowest BCUT2D eigenvalue weighted by molar-refractivity contribution is -0.106. The van der Waals surface area contributed by atoms with Crippen LogP contribution in [0.2, 0.25) is 0 Å². The van der Waals surface area contributed by atoms with Crippen LogP contribution in [0.15, 0.2) is 58.9 Å². The molecule has 0 saturated carbocycles. The molecule has 0 aliphatic rings. The molecular weight excluding hydrogens is 264 g/mol. The summed E-state index contributed by atoms with van der Waals surface area (Å²) in [6, 6.07) is 15.7. The van der Waals surface area contributed by atoms with Gasteiger partial charge >= 0.3 is 0 Å². The molecule has 0 aliphatic heterocycles. The van der Waals surface area contributed by atoms with E-state index in [1.807, 2.05) is 55.5 Å². The summed E-state index contributed by atoms with van der Waals surface area (Å²) in [4.78, 5) is 8.81. The van der Waals surface area contributed by atoms with Crippen molar-refractivity contribution in [3.8, 4) is 11.1 Å². The zero-order chi connectivity index (χ0) is 15.7. The predicted octanol–water partition coefficient (Wildman–Crippen LogP) is 3.52. The smallest absolute Gasteiger partial charge is 0.176 e. The summed E-state index contributed by atoms with van der Waals surface area (Å²) in [5.74, 6) is 5.06. The molecule has 0 aromatic heterocycles. The van der Waals surface area contributed by atoms with Crippen molar-refractivity contribution in [1.82, 2.24) is 0 Å². The first-order valence-electron chi connectivity index (χ1n) is 6.39. The molecule has 0 atom stereocenters. The van der Waals surface area contributed by atoms with Crippen molar-refractivity contribution < 1.29 is 4.79 Å². The van der Waals surface area contributed by atoms with Gasteiger partial charge in [-0.3, -0.25) is 5.41 Å². The first-order chi connectivity index (χ1) is 10.1. The van der Waals surface area contributed by atoms with Crippen molar-refractivity contribution >= 4 is 12.1 Å². The quantitative estimate of drug-likeness (QED) is 0.220. The van der Waals surface area contributed by atoms with E-state index < -0.39 is 0 Å². The molecule has 21 heavy (non-hydrogen) atoms. The van der Waals surface area contributed by atoms with Gasteiger partial charge in [0.2, 0.25) is 0 Å². The van der Waals surface area contributed by atoms with E-state index in [1.165, 1.54) is 12.5 Å². The zero-order valence-corrected chi connectivity index (χ0v) is 12.1. The van der Waals surface area contributed by atoms with E-state index in [9.17, 15) is 0 Å². The topological polar surface area (TPSA) is 91.7 Å². The van der Waals surface area contributed by atoms with Crippen LogP contribution in [0.1, 0.15) is 18.1 Å². The van der Waals surface area contributed by atoms with Gasteiger partial charge in [0, 0.05) is 5.56 Å². The van der Waals surface area contributed by atoms with E-state index in [4.69, 9.17) is 16.0 Å². The largest absolute Gasteiger partial charge is 0.305 e. The average molecular weight is 282 g/mol. The van der Waals surface area contributed by atoms with Gasteiger partial charge in [0.15, 0.2) is 5.84 Å². The molecule has 0 heterocycles. The number of hydrogen-bond donors (Lipinski definition) is 2. The molecular formula is C16H18N4O. The third-order valence-corrected chi connectivity index (χ3v) is 2.70. The molecule has 5 heteroatoms. The Bertz CT molecular complexity index is 633. The minimum Gasteiger partial charge on any atom is -0.305 e. The molecule has 5 nitrogen and oxygen atoms in total. The summed E-state index contributed by atoms with van der Waals surface area (Å²) in [6.07, 6.45) is 0.750. The van der Waals surface area contributed by atoms with E-state index in [0.717, 1.165) is 23.0 Å². The number of carbonyl (C=O) groups is 1. The van der Waals surface area contributed by atoms with Crippen LogP contribution in [0, 0.1) is 12.3 Å². The van der Waals surface area contributed by atoms with Gasteiger partial charge in [0.05, 0.1) is 0 Å². The standard InChI is InChI=1S/C14H14N4.C2H4O/c1-10-6-8-11(9-7-10)12-4-2-3-5-13(12)14(15)17-18-16;1-2-3/h2-9H,1H3,(H3,15,16,17);2H,1H3. The molecule has 2 aromatic rings. The number of nitrogens with two attached hydrogens (primary N) is 1. The second kappa shape index (κ2) is 8.37. The molecule has 0 amide bonds. The SMILES string of the molecule is CC=O.Cc1ccc(-c2ccccc2C(=N)N=NN)cc1. The Hall–Kier alpha value is -2.82. The number of hydrogen-bond acceptors (Lipinski definition) is 3. The van der Waals surface area contributed by atoms with Crippen molar-refractivity contribution in [2.45, 2.75) is 13.8 Å². The van der Waals surface area contributed by atoms with Crippen LogP contribution in [0.4, 0.5) is 0 Å². The molecule has 0 radical (unpaired) electrons. The Labute approximate surface area is 124 Å². The van der Waals surface area contributed by atoms with E-state index in [2.05, 4.69) is 10.3 Å². The molecule has 3 N–H and O–H groups in total. The van der Waals surface area contributed by atoms with Crippen molar-refractivity contribution in [2.75, 3.05) is 0 Å². The Kier molecular flexibility index (Phi) is 6.47. The van der Waals surface area contributed by atoms with E-state index in [0.29, 0.717) is 0 Å². The fraction of sp³-hybridized carbons (Fsp3) is 0.125. The molecule has 0 unspecified atom stereocenters. The normalized spacial score (nSPS) is 9.81. The first-order valence-corrected chi connectivity index (χ1v) is 6.39. The summed E-state index contributed by atoms with van der Waals surface area (Å²) in [7, 11) is 0. The Morgan fingerprint density at radius 3 is 2.29 bits per heavy atom. The van der Waals surface area contributed by atoms with E-state index in [-0.39, 0.29) is 5.84 Å². The Balaban J connectivity index is 0.000000677. The van der Waals surface area contributed by atoms with E-state index >= 15 is 0 Å². The van der Waals surface area contributed by atoms with Crippen molar-refractivity contribution in [3.05, 3.63) is 59.7 Å². The minimum atomic E-state index is 0.0636. The van der Waals surface area contributed by atoms with Crippen LogP contribution in [0.5, 0.6) is 0 Å². The fourth-order valence-corrected chi connectivity index (χ4v) is 1.79. The number of aryl methyl sites for hydroxylation is 1. The minimum absolute atomic E-state index is 0.0636. The number of nitrogens with one attached hydrogen (secondary N) is 1. The average Bonchev–Trinajstić information content (AvgIpc) is 2.49. The van der Waals surface area contributed by atoms with Crippen molar-refractivity contribution in [2.24, 2.45) is 16.2 Å². The highest BCUT2D eigenvalue weighted by molar-refractivity contribution is 6.02. The second-order valence-electron chi connectivity index (χ2n) is 4.21. The molecule has 0 bridgehead atoms. The Morgan fingerprint density at radius 1 is 1.14 bits per heavy atom. The lowest BCUT2D eigenvalue weighted by atomic mass is 9.98. The predicted molar refractivity (Wildman–Crippen MR) is 84.2 cm³/mol. The molecule has 0 fully saturated rings. The molecule has 0 saturated heterocycles. The summed E-state index contributed by atoms with van der Waals surface area (Å²) >= 11 is 0. The van der Waals surface area contributed by atoms with Gasteiger partial charge in [-0.25, -0.2) is 0 Å². The summed E-state index contributed by atoms with van der Waals surface area (Å²) in [6.45, 7) is 3.49. The molecule has 0 spiro atoms. The first kappa shape index (κ1) is 16.2. The highest BCUT2D eigenvalue weighted by Gasteiger charge is 2.08. The van der Waals surface area contributed by atoms with Gasteiger partial charge in [0.1, 0.15) is 6.29 Å². The van der Waals surface area contributed by atoms with Gasteiger partial charge in [0.25, 0.3) is 0 Å². The van der Waals surface area contributed by atoms with Gasteiger partial charge in [-0.05, 0) is 25.0 Å². The molecule has 108 valence electrons. The van der Waals surface area contributed by atoms with Crippen LogP contribution < -0.4 is 5.84 Å². The summed E-state index contributed by atoms with van der Waals surface area (Å²) in [5.41, 5.74) is 3.92. The summed E-state index contributed by atoms with van der Waals surface area (Å²) in [5, 5.41) is 14.6. The lowest BCUT2D eigenvalue weighted by Crippen LogP contribution is -1.98. The van der Waals surface area contributed by atoms with Crippen molar-refractivity contribution in [3.63, 3.8) is 0 Å². The number of benzene rings is 2. The number of rotatable bonds is 2. The number of nitrogens with zero attached hydrogens (tertiary/aromatic N) is 2. The van der Waals surface area contributed by atoms with Gasteiger partial charge in [-0.1, -0.05) is 59.3 Å². The molecule has 2 aromatic carbocycles. The lowest BCUT2D eigenvalue weighted by Gasteiger charge is -2.07. The molecule has 0 aliphatic carbocycles. The van der Waals surface area contributed by atoms with E-state index in [1.54, 1.807) is 0 Å². The monoisotopic (exact) mass is 282 g/mol. The zero-order valence-electron chi connectivity index (χ0n) is 12.1. The number of amidine groups is 1.